The first-order chi connectivity index (χ1) is 9.70. The highest BCUT2D eigenvalue weighted by molar-refractivity contribution is 6.17. The van der Waals surface area contributed by atoms with Gasteiger partial charge in [-0.05, 0) is 50.6 Å². The molecule has 1 aromatic carbocycles. The average Bonchev–Trinajstić information content (AvgIpc) is 2.53. The van der Waals surface area contributed by atoms with E-state index in [1.54, 1.807) is 0 Å². The minimum absolute atomic E-state index is 0.00465. The third-order valence-electron chi connectivity index (χ3n) is 3.94. The van der Waals surface area contributed by atoms with Crippen molar-refractivity contribution in [3.8, 4) is 0 Å². The summed E-state index contributed by atoms with van der Waals surface area (Å²) in [5.41, 5.74) is 1.73. The normalized spacial score (nSPS) is 17.7. The summed E-state index contributed by atoms with van der Waals surface area (Å²) in [6.07, 6.45) is 3.89. The molecule has 0 aromatic heterocycles. The maximum atomic E-state index is 12.1. The topological polar surface area (TPSA) is 32.3 Å². The Morgan fingerprint density at radius 3 is 2.50 bits per heavy atom. The Labute approximate surface area is 126 Å². The van der Waals surface area contributed by atoms with Crippen LogP contribution in [0.1, 0.15) is 42.1 Å². The number of likely N-dealkylation sites (tertiary alicyclic amines) is 1. The molecule has 1 atom stereocenters. The van der Waals surface area contributed by atoms with Crippen molar-refractivity contribution < 1.29 is 4.79 Å². The van der Waals surface area contributed by atoms with Crippen LogP contribution in [0.2, 0.25) is 0 Å². The summed E-state index contributed by atoms with van der Waals surface area (Å²) in [5, 5.41) is 3.02. The summed E-state index contributed by atoms with van der Waals surface area (Å²) in [6.45, 7) is 5.20. The van der Waals surface area contributed by atoms with Crippen LogP contribution < -0.4 is 5.32 Å². The molecule has 20 heavy (non-hydrogen) atoms. The Balaban J connectivity index is 1.81. The van der Waals surface area contributed by atoms with Crippen molar-refractivity contribution in [1.82, 2.24) is 10.2 Å². The molecule has 1 N–H and O–H groups in total. The van der Waals surface area contributed by atoms with Gasteiger partial charge in [-0.2, -0.15) is 0 Å². The summed E-state index contributed by atoms with van der Waals surface area (Å²) in [5.74, 6) is 0.475. The maximum Gasteiger partial charge on any atom is 0.251 e. The molecule has 0 radical (unpaired) electrons. The van der Waals surface area contributed by atoms with Gasteiger partial charge >= 0.3 is 0 Å². The third kappa shape index (κ3) is 4.22. The molecule has 1 heterocycles. The Bertz CT molecular complexity index is 427. The van der Waals surface area contributed by atoms with Crippen molar-refractivity contribution in [1.29, 1.82) is 0 Å². The quantitative estimate of drug-likeness (QED) is 0.847. The Morgan fingerprint density at radius 1 is 1.25 bits per heavy atom. The van der Waals surface area contributed by atoms with Crippen LogP contribution in [0.4, 0.5) is 0 Å². The highest BCUT2D eigenvalue weighted by Crippen LogP contribution is 2.12. The Morgan fingerprint density at radius 2 is 1.90 bits per heavy atom. The van der Waals surface area contributed by atoms with E-state index < -0.39 is 0 Å². The van der Waals surface area contributed by atoms with E-state index in [2.05, 4.69) is 17.1 Å². The van der Waals surface area contributed by atoms with Crippen molar-refractivity contribution >= 4 is 17.5 Å². The van der Waals surface area contributed by atoms with Gasteiger partial charge < -0.3 is 5.32 Å². The van der Waals surface area contributed by atoms with E-state index in [1.807, 2.05) is 24.3 Å². The van der Waals surface area contributed by atoms with Crippen molar-refractivity contribution in [3.63, 3.8) is 0 Å². The zero-order valence-electron chi connectivity index (χ0n) is 12.1. The highest BCUT2D eigenvalue weighted by Gasteiger charge is 2.17. The smallest absolute Gasteiger partial charge is 0.251 e. The molecule has 0 bridgehead atoms. The summed E-state index contributed by atoms with van der Waals surface area (Å²) < 4.78 is 0. The van der Waals surface area contributed by atoms with E-state index in [0.717, 1.165) is 18.7 Å². The van der Waals surface area contributed by atoms with Gasteiger partial charge in [-0.1, -0.05) is 18.6 Å². The minimum Gasteiger partial charge on any atom is -0.350 e. The van der Waals surface area contributed by atoms with Gasteiger partial charge in [-0.3, -0.25) is 9.69 Å². The summed E-state index contributed by atoms with van der Waals surface area (Å²) >= 11 is 5.74. The lowest BCUT2D eigenvalue weighted by atomic mass is 10.1. The molecule has 1 aliphatic rings. The van der Waals surface area contributed by atoms with Crippen molar-refractivity contribution in [2.24, 2.45) is 0 Å². The van der Waals surface area contributed by atoms with Crippen LogP contribution in [0.25, 0.3) is 0 Å². The number of rotatable bonds is 5. The predicted molar refractivity (Wildman–Crippen MR) is 83.2 cm³/mol. The number of alkyl halides is 1. The molecule has 1 aliphatic heterocycles. The van der Waals surface area contributed by atoms with Crippen molar-refractivity contribution in [3.05, 3.63) is 35.4 Å². The number of amides is 1. The molecule has 0 spiro atoms. The van der Waals surface area contributed by atoms with Gasteiger partial charge in [0.05, 0.1) is 0 Å². The first-order valence-corrected chi connectivity index (χ1v) is 7.91. The number of hydrogen-bond acceptors (Lipinski definition) is 2. The van der Waals surface area contributed by atoms with Gasteiger partial charge in [0.15, 0.2) is 0 Å². The monoisotopic (exact) mass is 294 g/mol. The van der Waals surface area contributed by atoms with Crippen LogP contribution in [0.3, 0.4) is 0 Å². The van der Waals surface area contributed by atoms with Crippen LogP contribution in [0.5, 0.6) is 0 Å². The van der Waals surface area contributed by atoms with Crippen LogP contribution >= 0.6 is 11.6 Å². The maximum absolute atomic E-state index is 12.1. The van der Waals surface area contributed by atoms with Crippen LogP contribution in [-0.4, -0.2) is 36.5 Å². The van der Waals surface area contributed by atoms with Gasteiger partial charge in [-0.25, -0.2) is 0 Å². The van der Waals surface area contributed by atoms with E-state index in [-0.39, 0.29) is 5.91 Å². The molecule has 2 rings (SSSR count). The fraction of sp³-hybridized carbons (Fsp3) is 0.562. The first-order valence-electron chi connectivity index (χ1n) is 7.38. The molecule has 3 nitrogen and oxygen atoms in total. The molecular formula is C16H23ClN2O. The first kappa shape index (κ1) is 15.3. The molecule has 0 saturated carbocycles. The van der Waals surface area contributed by atoms with Crippen molar-refractivity contribution in [2.75, 3.05) is 19.6 Å². The lowest BCUT2D eigenvalue weighted by Crippen LogP contribution is -2.44. The number of benzene rings is 1. The fourth-order valence-electron chi connectivity index (χ4n) is 2.58. The van der Waals surface area contributed by atoms with Gasteiger partial charge in [0.25, 0.3) is 5.91 Å². The summed E-state index contributed by atoms with van der Waals surface area (Å²) in [6, 6.07) is 7.87. The van der Waals surface area contributed by atoms with Crippen LogP contribution in [-0.2, 0) is 5.88 Å². The number of halogens is 1. The standard InChI is InChI=1S/C16H23ClN2O/c1-13(19-9-3-2-4-10-19)12-18-16(20)15-7-5-14(11-17)6-8-15/h5-8,13H,2-4,9-12H2,1H3,(H,18,20). The van der Waals surface area contributed by atoms with Gasteiger partial charge in [0, 0.05) is 24.0 Å². The number of piperidine rings is 1. The SMILES string of the molecule is CC(CNC(=O)c1ccc(CCl)cc1)N1CCCCC1. The van der Waals surface area contributed by atoms with E-state index in [4.69, 9.17) is 11.6 Å². The van der Waals surface area contributed by atoms with Crippen molar-refractivity contribution in [2.45, 2.75) is 38.1 Å². The predicted octanol–water partition coefficient (Wildman–Crippen LogP) is 3.03. The largest absolute Gasteiger partial charge is 0.350 e. The molecule has 1 unspecified atom stereocenters. The van der Waals surface area contributed by atoms with Gasteiger partial charge in [-0.15, -0.1) is 11.6 Å². The fourth-order valence-corrected chi connectivity index (χ4v) is 2.75. The molecule has 1 fully saturated rings. The molecule has 1 aromatic rings. The van der Waals surface area contributed by atoms with Crippen LogP contribution in [0, 0.1) is 0 Å². The van der Waals surface area contributed by atoms with E-state index in [9.17, 15) is 4.79 Å². The second-order valence-electron chi connectivity index (χ2n) is 5.49. The lowest BCUT2D eigenvalue weighted by molar-refractivity contribution is 0.0930. The Hall–Kier alpha value is -1.06. The number of hydrogen-bond donors (Lipinski definition) is 1. The molecule has 110 valence electrons. The Kier molecular flexibility index (Phi) is 5.86. The minimum atomic E-state index is -0.00465. The number of nitrogens with zero attached hydrogens (tertiary/aromatic N) is 1. The zero-order chi connectivity index (χ0) is 14.4. The summed E-state index contributed by atoms with van der Waals surface area (Å²) in [4.78, 5) is 14.5. The van der Waals surface area contributed by atoms with E-state index >= 15 is 0 Å². The number of nitrogens with one attached hydrogen (secondary N) is 1. The van der Waals surface area contributed by atoms with Gasteiger partial charge in [0.1, 0.15) is 0 Å². The van der Waals surface area contributed by atoms with E-state index in [1.165, 1.54) is 19.3 Å². The zero-order valence-corrected chi connectivity index (χ0v) is 12.8. The third-order valence-corrected chi connectivity index (χ3v) is 4.25. The second kappa shape index (κ2) is 7.65. The number of carbonyl (C=O) groups excluding carboxylic acids is 1. The summed E-state index contributed by atoms with van der Waals surface area (Å²) in [7, 11) is 0. The lowest BCUT2D eigenvalue weighted by Gasteiger charge is -2.32. The van der Waals surface area contributed by atoms with Gasteiger partial charge in [0.2, 0.25) is 0 Å². The molecular weight excluding hydrogens is 272 g/mol. The average molecular weight is 295 g/mol. The van der Waals surface area contributed by atoms with Crippen LogP contribution in [0.15, 0.2) is 24.3 Å². The van der Waals surface area contributed by atoms with E-state index in [0.29, 0.717) is 24.0 Å². The molecule has 1 amide bonds. The molecule has 1 saturated heterocycles. The number of carbonyl (C=O) groups is 1. The molecule has 0 aliphatic carbocycles. The second-order valence-corrected chi connectivity index (χ2v) is 5.75. The molecule has 4 heteroatoms. The highest BCUT2D eigenvalue weighted by atomic mass is 35.5.